The van der Waals surface area contributed by atoms with Gasteiger partial charge in [0.05, 0.1) is 24.4 Å². The number of hydrogen-bond acceptors (Lipinski definition) is 8. The van der Waals surface area contributed by atoms with Crippen LogP contribution < -0.4 is 30.4 Å². The van der Waals surface area contributed by atoms with E-state index in [2.05, 4.69) is 20.8 Å². The summed E-state index contributed by atoms with van der Waals surface area (Å²) in [6.07, 6.45) is 0.267. The number of methoxy groups -OCH3 is 1. The van der Waals surface area contributed by atoms with Crippen molar-refractivity contribution in [3.63, 3.8) is 0 Å². The van der Waals surface area contributed by atoms with Gasteiger partial charge in [0.15, 0.2) is 6.61 Å². The first-order chi connectivity index (χ1) is 23.2. The van der Waals surface area contributed by atoms with Crippen molar-refractivity contribution in [2.45, 2.75) is 38.0 Å². The van der Waals surface area contributed by atoms with Gasteiger partial charge in [0, 0.05) is 56.6 Å². The Kier molecular flexibility index (Phi) is 9.65. The number of likely N-dealkylation sites (tertiary alicyclic amines) is 1. The van der Waals surface area contributed by atoms with Crippen LogP contribution in [0.15, 0.2) is 77.6 Å². The molecule has 13 heteroatoms. The number of aryl methyl sites for hydroxylation is 1. The Morgan fingerprint density at radius 2 is 1.88 bits per heavy atom. The molecule has 0 aliphatic carbocycles. The number of carbonyl (C=O) groups is 3. The van der Waals surface area contributed by atoms with Crippen molar-refractivity contribution in [3.8, 4) is 28.4 Å². The standard InChI is InChI=1S/C35H34FN5O7/c1-46-31-17-26-9-5-23(31)18-37-33(43)20-47-25-4-2-3-21(15-25)22-6-10-28(36)27(16-22)35(45)38-29-19-41(14-13-30(29)48-26)34(44)12-8-24-7-11-32(42)40-39-24/h2-7,9-11,15-17,29-30H,8,12-14,18-20H2,1H3,(H,37,43)(H,38,45)(H,40,42)/t29-,30+/m1/s1. The number of piperidine rings is 1. The number of ether oxygens (including phenoxy) is 3. The molecule has 3 amide bonds. The van der Waals surface area contributed by atoms with Gasteiger partial charge >= 0.3 is 0 Å². The summed E-state index contributed by atoms with van der Waals surface area (Å²) in [5.41, 5.74) is 2.01. The van der Waals surface area contributed by atoms with E-state index in [1.807, 2.05) is 0 Å². The molecule has 48 heavy (non-hydrogen) atoms. The predicted octanol–water partition coefficient (Wildman–Crippen LogP) is 3.00. The summed E-state index contributed by atoms with van der Waals surface area (Å²) in [6.45, 7) is 0.448. The van der Waals surface area contributed by atoms with E-state index in [0.717, 1.165) is 0 Å². The molecule has 2 atom stereocenters. The summed E-state index contributed by atoms with van der Waals surface area (Å²) >= 11 is 0. The molecule has 0 saturated carbocycles. The molecule has 0 radical (unpaired) electrons. The smallest absolute Gasteiger partial charge is 0.264 e. The molecule has 6 bridgehead atoms. The number of amides is 3. The second-order valence-corrected chi connectivity index (χ2v) is 11.5. The van der Waals surface area contributed by atoms with E-state index in [4.69, 9.17) is 14.2 Å². The fraction of sp³-hybridized carbons (Fsp3) is 0.286. The molecule has 3 aliphatic rings. The van der Waals surface area contributed by atoms with Crippen molar-refractivity contribution in [3.05, 3.63) is 106 Å². The molecular formula is C35H34FN5O7. The van der Waals surface area contributed by atoms with Crippen LogP contribution in [-0.4, -0.2) is 71.8 Å². The van der Waals surface area contributed by atoms with Crippen LogP contribution in [0.4, 0.5) is 4.39 Å². The second-order valence-electron chi connectivity index (χ2n) is 11.5. The van der Waals surface area contributed by atoms with E-state index in [9.17, 15) is 19.2 Å². The molecule has 3 N–H and O–H groups in total. The van der Waals surface area contributed by atoms with Gasteiger partial charge in [-0.25, -0.2) is 9.49 Å². The van der Waals surface area contributed by atoms with Crippen LogP contribution in [0.1, 0.15) is 34.5 Å². The number of nitrogens with zero attached hydrogens (tertiary/aromatic N) is 2. The molecule has 0 unspecified atom stereocenters. The fourth-order valence-corrected chi connectivity index (χ4v) is 5.75. The van der Waals surface area contributed by atoms with E-state index in [-0.39, 0.29) is 49.1 Å². The predicted molar refractivity (Wildman–Crippen MR) is 172 cm³/mol. The van der Waals surface area contributed by atoms with Crippen LogP contribution in [0.2, 0.25) is 0 Å². The number of nitrogens with one attached hydrogen (secondary N) is 3. The Balaban J connectivity index is 1.30. The molecule has 7 rings (SSSR count). The molecule has 1 aromatic heterocycles. The maximum absolute atomic E-state index is 15.2. The fourth-order valence-electron chi connectivity index (χ4n) is 5.75. The molecule has 1 saturated heterocycles. The zero-order valence-electron chi connectivity index (χ0n) is 26.2. The van der Waals surface area contributed by atoms with Crippen LogP contribution in [0.5, 0.6) is 17.2 Å². The summed E-state index contributed by atoms with van der Waals surface area (Å²) in [7, 11) is 1.51. The molecule has 248 valence electrons. The van der Waals surface area contributed by atoms with E-state index in [0.29, 0.717) is 59.0 Å². The van der Waals surface area contributed by atoms with Crippen molar-refractivity contribution in [1.29, 1.82) is 0 Å². The number of benzene rings is 3. The lowest BCUT2D eigenvalue weighted by Gasteiger charge is -2.39. The maximum atomic E-state index is 15.2. The molecule has 1 fully saturated rings. The van der Waals surface area contributed by atoms with Gasteiger partial charge in [-0.2, -0.15) is 5.10 Å². The maximum Gasteiger partial charge on any atom is 0.264 e. The normalized spacial score (nSPS) is 18.0. The molecule has 4 aromatic rings. The largest absolute Gasteiger partial charge is 0.496 e. The Morgan fingerprint density at radius 3 is 2.69 bits per heavy atom. The first-order valence-electron chi connectivity index (χ1n) is 15.5. The highest BCUT2D eigenvalue weighted by Gasteiger charge is 2.35. The highest BCUT2D eigenvalue weighted by atomic mass is 19.1. The van der Waals surface area contributed by atoms with E-state index in [1.165, 1.54) is 25.3 Å². The first kappa shape index (κ1) is 32.2. The Morgan fingerprint density at radius 1 is 1.02 bits per heavy atom. The third kappa shape index (κ3) is 7.63. The first-order valence-corrected chi connectivity index (χ1v) is 15.5. The quantitative estimate of drug-likeness (QED) is 0.304. The number of aromatic amines is 1. The second kappa shape index (κ2) is 14.4. The van der Waals surface area contributed by atoms with Crippen LogP contribution in [0.3, 0.4) is 0 Å². The zero-order valence-corrected chi connectivity index (χ0v) is 26.2. The summed E-state index contributed by atoms with van der Waals surface area (Å²) < 4.78 is 32.8. The lowest BCUT2D eigenvalue weighted by molar-refractivity contribution is -0.133. The van der Waals surface area contributed by atoms with Gasteiger partial charge in [0.25, 0.3) is 17.4 Å². The highest BCUT2D eigenvalue weighted by Crippen LogP contribution is 2.29. The highest BCUT2D eigenvalue weighted by molar-refractivity contribution is 5.96. The third-order valence-corrected chi connectivity index (χ3v) is 8.32. The monoisotopic (exact) mass is 655 g/mol. The average molecular weight is 656 g/mol. The number of carbonyl (C=O) groups excluding carboxylic acids is 3. The minimum atomic E-state index is -0.711. The summed E-state index contributed by atoms with van der Waals surface area (Å²) in [6, 6.07) is 18.6. The molecule has 3 aliphatic heterocycles. The van der Waals surface area contributed by atoms with Crippen LogP contribution in [0, 0.1) is 5.82 Å². The van der Waals surface area contributed by atoms with Crippen LogP contribution in [-0.2, 0) is 22.6 Å². The van der Waals surface area contributed by atoms with Gasteiger partial charge in [-0.05, 0) is 53.6 Å². The molecular weight excluding hydrogens is 621 g/mol. The van der Waals surface area contributed by atoms with Gasteiger partial charge in [-0.1, -0.05) is 18.2 Å². The molecule has 3 aromatic carbocycles. The number of H-pyrrole nitrogens is 1. The average Bonchev–Trinajstić information content (AvgIpc) is 3.10. The summed E-state index contributed by atoms with van der Waals surface area (Å²) in [5, 5.41) is 12.1. The van der Waals surface area contributed by atoms with E-state index < -0.39 is 23.9 Å². The minimum Gasteiger partial charge on any atom is -0.496 e. The molecule has 12 nitrogen and oxygen atoms in total. The van der Waals surface area contributed by atoms with E-state index >= 15 is 4.39 Å². The lowest BCUT2D eigenvalue weighted by atomic mass is 9.99. The number of hydrogen-bond donors (Lipinski definition) is 3. The number of aromatic nitrogens is 2. The SMILES string of the molecule is COc1cc2ccc1CNC(=O)COc1cccc(c1)-c1ccc(F)c(c1)C(=O)N[C@@H]1CN(C(=O)CCc3ccc(=O)[nH]n3)CC[C@@H]1O2. The van der Waals surface area contributed by atoms with Crippen molar-refractivity contribution < 1.29 is 33.0 Å². The van der Waals surface area contributed by atoms with Crippen molar-refractivity contribution in [1.82, 2.24) is 25.7 Å². The Bertz CT molecular complexity index is 1880. The topological polar surface area (TPSA) is 152 Å². The van der Waals surface area contributed by atoms with Gasteiger partial charge in [-0.3, -0.25) is 19.2 Å². The summed E-state index contributed by atoms with van der Waals surface area (Å²) in [4.78, 5) is 52.6. The Labute approximate surface area is 275 Å². The van der Waals surface area contributed by atoms with Crippen molar-refractivity contribution in [2.24, 2.45) is 0 Å². The molecule has 0 spiro atoms. The van der Waals surface area contributed by atoms with Gasteiger partial charge in [0.2, 0.25) is 5.91 Å². The third-order valence-electron chi connectivity index (χ3n) is 8.32. The number of halogens is 1. The summed E-state index contributed by atoms with van der Waals surface area (Å²) in [5.74, 6) is -0.498. The molecule has 4 heterocycles. The van der Waals surface area contributed by atoms with Crippen molar-refractivity contribution in [2.75, 3.05) is 26.8 Å². The van der Waals surface area contributed by atoms with Crippen LogP contribution >= 0.6 is 0 Å². The number of rotatable bonds is 4. The van der Waals surface area contributed by atoms with Gasteiger partial charge in [-0.15, -0.1) is 0 Å². The van der Waals surface area contributed by atoms with Crippen LogP contribution in [0.25, 0.3) is 11.1 Å². The van der Waals surface area contributed by atoms with Gasteiger partial charge < -0.3 is 29.7 Å². The van der Waals surface area contributed by atoms with Crippen molar-refractivity contribution >= 4 is 17.7 Å². The minimum absolute atomic E-state index is 0.121. The Hall–Kier alpha value is -5.72. The van der Waals surface area contributed by atoms with Gasteiger partial charge in [0.1, 0.15) is 29.2 Å². The zero-order chi connectivity index (χ0) is 33.6. The van der Waals surface area contributed by atoms with E-state index in [1.54, 1.807) is 59.5 Å². The number of fused-ring (bicyclic) bond motifs is 7. The lowest BCUT2D eigenvalue weighted by Crippen LogP contribution is -2.58.